The number of aryl methyl sites for hydroxylation is 2. The summed E-state index contributed by atoms with van der Waals surface area (Å²) in [6.07, 6.45) is 4.24. The Morgan fingerprint density at radius 3 is 0.861 bits per heavy atom. The molecule has 0 aromatic heterocycles. The first-order valence-corrected chi connectivity index (χ1v) is 13.3. The van der Waals surface area contributed by atoms with Gasteiger partial charge in [0, 0.05) is 0 Å². The van der Waals surface area contributed by atoms with Crippen molar-refractivity contribution in [2.45, 2.75) is 39.5 Å². The van der Waals surface area contributed by atoms with Crippen molar-refractivity contribution in [3.8, 4) is 44.5 Å². The predicted molar refractivity (Wildman–Crippen MR) is 149 cm³/mol. The van der Waals surface area contributed by atoms with Gasteiger partial charge in [0.1, 0.15) is 0 Å². The highest BCUT2D eigenvalue weighted by atomic mass is 14.3. The van der Waals surface area contributed by atoms with Crippen molar-refractivity contribution in [1.29, 1.82) is 0 Å². The Morgan fingerprint density at radius 2 is 0.556 bits per heavy atom. The maximum absolute atomic E-state index is 2.53. The molecule has 9 rings (SSSR count). The van der Waals surface area contributed by atoms with Gasteiger partial charge in [-0.25, -0.2) is 0 Å². The van der Waals surface area contributed by atoms with E-state index in [1.165, 1.54) is 100 Å². The van der Waals surface area contributed by atoms with Gasteiger partial charge in [0.05, 0.1) is 0 Å². The van der Waals surface area contributed by atoms with Crippen molar-refractivity contribution in [2.75, 3.05) is 0 Å². The molecule has 0 saturated carbocycles. The summed E-state index contributed by atoms with van der Waals surface area (Å²) < 4.78 is 0. The van der Waals surface area contributed by atoms with Crippen LogP contribution in [0.25, 0.3) is 44.5 Å². The van der Waals surface area contributed by atoms with Crippen LogP contribution in [0.5, 0.6) is 0 Å². The number of rotatable bonds is 0. The molecule has 0 atom stereocenters. The Labute approximate surface area is 212 Å². The molecule has 0 radical (unpaired) electrons. The van der Waals surface area contributed by atoms with Gasteiger partial charge in [-0.1, -0.05) is 47.5 Å². The first-order chi connectivity index (χ1) is 17.6. The fourth-order valence-corrected chi connectivity index (χ4v) is 7.53. The van der Waals surface area contributed by atoms with E-state index in [1.807, 2.05) is 0 Å². The van der Waals surface area contributed by atoms with Crippen molar-refractivity contribution in [3.05, 3.63) is 128 Å². The fraction of sp³-hybridized carbons (Fsp3) is 0.167. The fourth-order valence-electron chi connectivity index (χ4n) is 7.53. The maximum atomic E-state index is 2.53. The summed E-state index contributed by atoms with van der Waals surface area (Å²) in [6, 6.07) is 29.0. The van der Waals surface area contributed by atoms with E-state index in [0.29, 0.717) is 0 Å². The third-order valence-electron chi connectivity index (χ3n) is 9.19. The van der Waals surface area contributed by atoms with E-state index >= 15 is 0 Å². The first-order valence-electron chi connectivity index (χ1n) is 13.3. The van der Waals surface area contributed by atoms with Gasteiger partial charge >= 0.3 is 0 Å². The lowest BCUT2D eigenvalue weighted by molar-refractivity contribution is 1.23. The first kappa shape index (κ1) is 19.3. The zero-order valence-corrected chi connectivity index (χ0v) is 20.8. The van der Waals surface area contributed by atoms with Crippen molar-refractivity contribution < 1.29 is 0 Å². The topological polar surface area (TPSA) is 0 Å². The average molecular weight is 459 g/mol. The minimum absolute atomic E-state index is 1.05. The van der Waals surface area contributed by atoms with E-state index in [4.69, 9.17) is 0 Å². The molecule has 5 aromatic rings. The highest BCUT2D eigenvalue weighted by Crippen LogP contribution is 2.50. The normalized spacial score (nSPS) is 14.5. The average Bonchev–Trinajstić information content (AvgIpc) is 3.58. The SMILES string of the molecule is Cc1ccc2c(c1)Cc1cc3c(cc1-2)Cc1cc2c(cc1-3)Cc1cc3c(cc1-2)Cc1cc(C)ccc1-3. The van der Waals surface area contributed by atoms with Gasteiger partial charge in [-0.05, 0) is 165 Å². The zero-order chi connectivity index (χ0) is 23.7. The van der Waals surface area contributed by atoms with Crippen LogP contribution in [0.3, 0.4) is 0 Å². The van der Waals surface area contributed by atoms with Gasteiger partial charge in [0.25, 0.3) is 0 Å². The Balaban J connectivity index is 1.13. The lowest BCUT2D eigenvalue weighted by atomic mass is 9.95. The maximum Gasteiger partial charge on any atom is -0.00130 e. The highest BCUT2D eigenvalue weighted by molar-refractivity contribution is 5.91. The van der Waals surface area contributed by atoms with Crippen LogP contribution >= 0.6 is 0 Å². The zero-order valence-electron chi connectivity index (χ0n) is 20.8. The molecular weight excluding hydrogens is 432 g/mol. The van der Waals surface area contributed by atoms with Gasteiger partial charge < -0.3 is 0 Å². The van der Waals surface area contributed by atoms with E-state index < -0.39 is 0 Å². The van der Waals surface area contributed by atoms with Gasteiger partial charge in [0.15, 0.2) is 0 Å². The largest absolute Gasteiger partial charge is 0.0587 e. The van der Waals surface area contributed by atoms with Gasteiger partial charge in [0.2, 0.25) is 0 Å². The summed E-state index contributed by atoms with van der Waals surface area (Å²) in [7, 11) is 0. The van der Waals surface area contributed by atoms with Crippen LogP contribution in [0.2, 0.25) is 0 Å². The summed E-state index contributed by atoms with van der Waals surface area (Å²) in [6.45, 7) is 4.40. The van der Waals surface area contributed by atoms with Crippen LogP contribution in [0.15, 0.2) is 72.8 Å². The van der Waals surface area contributed by atoms with Crippen molar-refractivity contribution in [2.24, 2.45) is 0 Å². The second-order valence-corrected chi connectivity index (χ2v) is 11.5. The highest BCUT2D eigenvalue weighted by Gasteiger charge is 2.30. The molecule has 0 bridgehead atoms. The summed E-state index contributed by atoms with van der Waals surface area (Å²) in [5.41, 5.74) is 26.4. The summed E-state index contributed by atoms with van der Waals surface area (Å²) in [5.74, 6) is 0. The molecule has 0 N–H and O–H groups in total. The van der Waals surface area contributed by atoms with Crippen LogP contribution < -0.4 is 0 Å². The quantitative estimate of drug-likeness (QED) is 0.213. The number of hydrogen-bond acceptors (Lipinski definition) is 0. The molecule has 0 saturated heterocycles. The van der Waals surface area contributed by atoms with Crippen LogP contribution in [-0.4, -0.2) is 0 Å². The third-order valence-corrected chi connectivity index (χ3v) is 9.19. The second kappa shape index (κ2) is 6.45. The molecule has 0 fully saturated rings. The molecule has 5 aromatic carbocycles. The summed E-state index contributed by atoms with van der Waals surface area (Å²) in [5, 5.41) is 0. The monoisotopic (exact) mass is 458 g/mol. The Kier molecular flexibility index (Phi) is 3.46. The third kappa shape index (κ3) is 2.45. The number of hydrogen-bond donors (Lipinski definition) is 0. The summed E-state index contributed by atoms with van der Waals surface area (Å²) >= 11 is 0. The number of fused-ring (bicyclic) bond motifs is 12. The van der Waals surface area contributed by atoms with Crippen LogP contribution in [0, 0.1) is 13.8 Å². The van der Waals surface area contributed by atoms with E-state index in [1.54, 1.807) is 0 Å². The lowest BCUT2D eigenvalue weighted by Crippen LogP contribution is -1.87. The van der Waals surface area contributed by atoms with Crippen LogP contribution in [0.4, 0.5) is 0 Å². The lowest BCUT2D eigenvalue weighted by Gasteiger charge is -2.09. The van der Waals surface area contributed by atoms with E-state index in [-0.39, 0.29) is 0 Å². The number of benzene rings is 5. The molecule has 0 spiro atoms. The van der Waals surface area contributed by atoms with Crippen molar-refractivity contribution in [1.82, 2.24) is 0 Å². The molecule has 0 heterocycles. The Hall–Kier alpha value is -3.90. The van der Waals surface area contributed by atoms with Crippen LogP contribution in [-0.2, 0) is 25.7 Å². The van der Waals surface area contributed by atoms with Crippen LogP contribution in [0.1, 0.15) is 55.6 Å². The minimum atomic E-state index is 1.05. The molecule has 4 aliphatic rings. The molecule has 0 heteroatoms. The standard InChI is InChI=1S/C36H26/c1-19-3-5-29-21(7-19)9-23-15-33-25(13-31(23)29)11-27-18-36-28(17-35(27)33)12-26-14-32-24(16-34(26)36)10-22-8-20(2)4-6-30(22)32/h3-8,13-18H,9-12H2,1-2H3. The van der Waals surface area contributed by atoms with E-state index in [2.05, 4.69) is 86.6 Å². The van der Waals surface area contributed by atoms with Gasteiger partial charge in [-0.15, -0.1) is 0 Å². The van der Waals surface area contributed by atoms with Crippen molar-refractivity contribution >= 4 is 0 Å². The predicted octanol–water partition coefficient (Wildman–Crippen LogP) is 8.59. The second-order valence-electron chi connectivity index (χ2n) is 11.5. The molecule has 36 heavy (non-hydrogen) atoms. The smallest absolute Gasteiger partial charge is 0.00130 e. The molecule has 4 aliphatic carbocycles. The van der Waals surface area contributed by atoms with Gasteiger partial charge in [-0.2, -0.15) is 0 Å². The molecule has 170 valence electrons. The molecule has 0 amide bonds. The molecule has 0 unspecified atom stereocenters. The van der Waals surface area contributed by atoms with Crippen molar-refractivity contribution in [3.63, 3.8) is 0 Å². The van der Waals surface area contributed by atoms with E-state index in [0.717, 1.165) is 25.7 Å². The summed E-state index contributed by atoms with van der Waals surface area (Å²) in [4.78, 5) is 0. The Morgan fingerprint density at radius 1 is 0.306 bits per heavy atom. The van der Waals surface area contributed by atoms with E-state index in [9.17, 15) is 0 Å². The Bertz CT molecular complexity index is 1710. The molecule has 0 nitrogen and oxygen atoms in total. The molecular formula is C36H26. The van der Waals surface area contributed by atoms with Gasteiger partial charge in [-0.3, -0.25) is 0 Å². The minimum Gasteiger partial charge on any atom is -0.0587 e. The molecule has 0 aliphatic heterocycles.